The lowest BCUT2D eigenvalue weighted by molar-refractivity contribution is -0.384. The van der Waals surface area contributed by atoms with Gasteiger partial charge in [0.1, 0.15) is 17.8 Å². The van der Waals surface area contributed by atoms with Crippen LogP contribution in [-0.4, -0.2) is 11.2 Å². The van der Waals surface area contributed by atoms with Crippen LogP contribution in [0.2, 0.25) is 0 Å². The van der Waals surface area contributed by atoms with Gasteiger partial charge in [0.25, 0.3) is 5.69 Å². The van der Waals surface area contributed by atoms with Gasteiger partial charge in [-0.1, -0.05) is 12.1 Å². The van der Waals surface area contributed by atoms with Crippen molar-refractivity contribution in [2.24, 2.45) is 0 Å². The number of nitro groups is 1. The molecule has 1 aromatic heterocycles. The molecule has 0 aliphatic rings. The zero-order valence-corrected chi connectivity index (χ0v) is 9.28. The molecule has 1 aromatic carbocycles. The fourth-order valence-corrected chi connectivity index (χ4v) is 1.56. The quantitative estimate of drug-likeness (QED) is 0.358. The topological polar surface area (TPSA) is 73.3 Å². The summed E-state index contributed by atoms with van der Waals surface area (Å²) in [6.07, 6.45) is 3.42. The summed E-state index contributed by atoms with van der Waals surface area (Å²) in [5.74, 6) is 0.864. The second-order valence-electron chi connectivity index (χ2n) is 3.47. The molecule has 0 radical (unpaired) electrons. The molecule has 0 saturated heterocycles. The molecule has 2 aromatic rings. The molecule has 0 atom stereocenters. The number of hydrogen-bond acceptors (Lipinski definition) is 4. The van der Waals surface area contributed by atoms with Crippen LogP contribution in [0.4, 0.5) is 5.69 Å². The minimum Gasteiger partial charge on any atom is -0.456 e. The minimum atomic E-state index is -0.460. The maximum atomic E-state index is 10.9. The summed E-state index contributed by atoms with van der Waals surface area (Å²) in [4.78, 5) is 20.6. The maximum absolute atomic E-state index is 10.9. The molecule has 0 aliphatic carbocycles. The summed E-state index contributed by atoms with van der Waals surface area (Å²) in [6, 6.07) is 9.60. The lowest BCUT2D eigenvalue weighted by Crippen LogP contribution is -1.90. The Morgan fingerprint density at radius 2 is 1.94 bits per heavy atom. The van der Waals surface area contributed by atoms with Crippen molar-refractivity contribution in [1.29, 1.82) is 0 Å². The third kappa shape index (κ3) is 2.35. The van der Waals surface area contributed by atoms with Gasteiger partial charge in [0.15, 0.2) is 0 Å². The van der Waals surface area contributed by atoms with Crippen LogP contribution in [0.1, 0.15) is 5.76 Å². The molecule has 0 spiro atoms. The Hall–Kier alpha value is -2.69. The molecule has 0 fully saturated rings. The van der Waals surface area contributed by atoms with Gasteiger partial charge in [-0.05, 0) is 30.4 Å². The van der Waals surface area contributed by atoms with Crippen molar-refractivity contribution in [1.82, 2.24) is 0 Å². The Bertz CT molecular complexity index is 613. The van der Waals surface area contributed by atoms with Crippen LogP contribution >= 0.6 is 0 Å². The van der Waals surface area contributed by atoms with E-state index >= 15 is 0 Å². The molecule has 0 amide bonds. The summed E-state index contributed by atoms with van der Waals surface area (Å²) in [5, 5.41) is 10.9. The van der Waals surface area contributed by atoms with E-state index in [-0.39, 0.29) is 5.69 Å². The molecule has 90 valence electrons. The first-order valence-electron chi connectivity index (χ1n) is 5.18. The van der Waals surface area contributed by atoms with Gasteiger partial charge in [-0.25, -0.2) is 0 Å². The number of benzene rings is 1. The molecule has 0 aliphatic heterocycles. The zero-order chi connectivity index (χ0) is 13.0. The fraction of sp³-hybridized carbons (Fsp3) is 0. The zero-order valence-electron chi connectivity index (χ0n) is 9.28. The van der Waals surface area contributed by atoms with Crippen molar-refractivity contribution >= 4 is 18.0 Å². The number of carbonyl (C=O) groups excluding carboxylic acids is 1. The summed E-state index contributed by atoms with van der Waals surface area (Å²) in [7, 11) is 0. The molecule has 0 N–H and O–H groups in total. The van der Waals surface area contributed by atoms with Crippen LogP contribution in [0.5, 0.6) is 0 Å². The lowest BCUT2D eigenvalue weighted by atomic mass is 10.1. The van der Waals surface area contributed by atoms with Crippen molar-refractivity contribution < 1.29 is 14.1 Å². The van der Waals surface area contributed by atoms with E-state index < -0.39 is 4.92 Å². The first kappa shape index (κ1) is 11.8. The van der Waals surface area contributed by atoms with E-state index in [1.807, 2.05) is 0 Å². The van der Waals surface area contributed by atoms with E-state index in [9.17, 15) is 14.9 Å². The molecular formula is C13H9NO4. The standard InChI is InChI=1S/C13H9NO4/c15-9-3-4-10-7-8-13(18-10)11-5-1-2-6-12(11)14(16)17/h1-9H/b4-3+. The highest BCUT2D eigenvalue weighted by molar-refractivity contribution is 5.74. The molecule has 1 heterocycles. The molecule has 5 nitrogen and oxygen atoms in total. The Labute approximate surface area is 103 Å². The van der Waals surface area contributed by atoms with Crippen molar-refractivity contribution in [3.63, 3.8) is 0 Å². The second-order valence-corrected chi connectivity index (χ2v) is 3.47. The first-order valence-corrected chi connectivity index (χ1v) is 5.18. The number of furan rings is 1. The number of aldehydes is 1. The Kier molecular flexibility index (Phi) is 3.33. The summed E-state index contributed by atoms with van der Waals surface area (Å²) in [5.41, 5.74) is 0.394. The van der Waals surface area contributed by atoms with E-state index in [0.29, 0.717) is 23.4 Å². The van der Waals surface area contributed by atoms with E-state index in [4.69, 9.17) is 4.42 Å². The molecule has 5 heteroatoms. The molecule has 0 saturated carbocycles. The molecule has 0 bridgehead atoms. The van der Waals surface area contributed by atoms with Gasteiger partial charge < -0.3 is 4.42 Å². The highest BCUT2D eigenvalue weighted by Crippen LogP contribution is 2.30. The van der Waals surface area contributed by atoms with Crippen LogP contribution in [0.15, 0.2) is 46.9 Å². The first-order chi connectivity index (χ1) is 8.72. The monoisotopic (exact) mass is 243 g/mol. The SMILES string of the molecule is O=C/C=C/c1ccc(-c2ccccc2[N+](=O)[O-])o1. The summed E-state index contributed by atoms with van der Waals surface area (Å²) < 4.78 is 5.41. The lowest BCUT2D eigenvalue weighted by Gasteiger charge is -1.98. The van der Waals surface area contributed by atoms with Crippen molar-refractivity contribution in [2.45, 2.75) is 0 Å². The highest BCUT2D eigenvalue weighted by atomic mass is 16.6. The van der Waals surface area contributed by atoms with Crippen molar-refractivity contribution in [3.8, 4) is 11.3 Å². The molecule has 2 rings (SSSR count). The number of carbonyl (C=O) groups is 1. The van der Waals surface area contributed by atoms with Gasteiger partial charge in [0.05, 0.1) is 10.5 Å². The smallest absolute Gasteiger partial charge is 0.280 e. The summed E-state index contributed by atoms with van der Waals surface area (Å²) >= 11 is 0. The van der Waals surface area contributed by atoms with Crippen molar-refractivity contribution in [2.75, 3.05) is 0 Å². The fourth-order valence-electron chi connectivity index (χ4n) is 1.56. The number of nitrogens with zero attached hydrogens (tertiary/aromatic N) is 1. The van der Waals surface area contributed by atoms with E-state index in [1.54, 1.807) is 30.3 Å². The minimum absolute atomic E-state index is 0.0160. The number of hydrogen-bond donors (Lipinski definition) is 0. The normalized spacial score (nSPS) is 10.7. The second kappa shape index (κ2) is 5.09. The third-order valence-electron chi connectivity index (χ3n) is 2.33. The highest BCUT2D eigenvalue weighted by Gasteiger charge is 2.16. The number of nitro benzene ring substituents is 1. The predicted octanol–water partition coefficient (Wildman–Crippen LogP) is 3.07. The average molecular weight is 243 g/mol. The Balaban J connectivity index is 2.43. The van der Waals surface area contributed by atoms with Gasteiger partial charge in [-0.15, -0.1) is 0 Å². The van der Waals surface area contributed by atoms with Gasteiger partial charge in [0.2, 0.25) is 0 Å². The number of allylic oxidation sites excluding steroid dienone is 1. The van der Waals surface area contributed by atoms with Gasteiger partial charge >= 0.3 is 0 Å². The average Bonchev–Trinajstić information content (AvgIpc) is 2.85. The van der Waals surface area contributed by atoms with Gasteiger partial charge in [0, 0.05) is 6.07 Å². The molecular weight excluding hydrogens is 234 g/mol. The van der Waals surface area contributed by atoms with Crippen LogP contribution in [0.3, 0.4) is 0 Å². The van der Waals surface area contributed by atoms with Crippen LogP contribution < -0.4 is 0 Å². The Morgan fingerprint density at radius 1 is 1.17 bits per heavy atom. The molecule has 0 unspecified atom stereocenters. The largest absolute Gasteiger partial charge is 0.456 e. The number of para-hydroxylation sites is 1. The van der Waals surface area contributed by atoms with Crippen LogP contribution in [0.25, 0.3) is 17.4 Å². The Morgan fingerprint density at radius 3 is 2.67 bits per heavy atom. The van der Waals surface area contributed by atoms with E-state index in [0.717, 1.165) is 0 Å². The summed E-state index contributed by atoms with van der Waals surface area (Å²) in [6.45, 7) is 0. The van der Waals surface area contributed by atoms with E-state index in [2.05, 4.69) is 0 Å². The van der Waals surface area contributed by atoms with E-state index in [1.165, 1.54) is 18.2 Å². The van der Waals surface area contributed by atoms with Crippen molar-refractivity contribution in [3.05, 3.63) is 58.3 Å². The van der Waals surface area contributed by atoms with Crippen LogP contribution in [0, 0.1) is 10.1 Å². The molecule has 18 heavy (non-hydrogen) atoms. The van der Waals surface area contributed by atoms with Gasteiger partial charge in [-0.2, -0.15) is 0 Å². The predicted molar refractivity (Wildman–Crippen MR) is 65.9 cm³/mol. The maximum Gasteiger partial charge on any atom is 0.280 e. The van der Waals surface area contributed by atoms with Crippen LogP contribution in [-0.2, 0) is 4.79 Å². The van der Waals surface area contributed by atoms with Gasteiger partial charge in [-0.3, -0.25) is 14.9 Å². The number of rotatable bonds is 4. The third-order valence-corrected chi connectivity index (χ3v) is 2.33.